The summed E-state index contributed by atoms with van der Waals surface area (Å²) in [4.78, 5) is 24.4. The Hall–Kier alpha value is -1.51. The van der Waals surface area contributed by atoms with Gasteiger partial charge < -0.3 is 14.9 Å². The predicted molar refractivity (Wildman–Crippen MR) is 57.6 cm³/mol. The fourth-order valence-electron chi connectivity index (χ4n) is 2.05. The molecule has 0 radical (unpaired) electrons. The largest absolute Gasteiger partial charge is 0.390 e. The summed E-state index contributed by atoms with van der Waals surface area (Å²) in [5, 5.41) is 18.9. The molecule has 0 bridgehead atoms. The van der Waals surface area contributed by atoms with Crippen molar-refractivity contribution in [3.05, 3.63) is 33.1 Å². The molecule has 0 aromatic carbocycles. The molecule has 0 amide bonds. The lowest BCUT2D eigenvalue weighted by Crippen LogP contribution is -2.40. The summed E-state index contributed by atoms with van der Waals surface area (Å²) < 4.78 is 19.6. The van der Waals surface area contributed by atoms with Crippen molar-refractivity contribution in [2.24, 2.45) is 0 Å². The molecule has 0 unspecified atom stereocenters. The Bertz CT molecular complexity index is 566. The first-order chi connectivity index (χ1) is 8.27. The molecule has 1 aliphatic heterocycles. The number of nitrogens with zero attached hydrogens (tertiary/aromatic N) is 1. The number of rotatable bonds is 2. The third kappa shape index (κ3) is 2.09. The van der Waals surface area contributed by atoms with Crippen molar-refractivity contribution >= 4 is 0 Å². The van der Waals surface area contributed by atoms with E-state index in [1.54, 1.807) is 0 Å². The van der Waals surface area contributed by atoms with Crippen LogP contribution in [0.3, 0.4) is 0 Å². The number of aliphatic hydroxyl groups excluding tert-OH is 1. The highest BCUT2D eigenvalue weighted by Crippen LogP contribution is 2.43. The summed E-state index contributed by atoms with van der Waals surface area (Å²) in [7, 11) is 0. The Labute approximate surface area is 100 Å². The smallest absolute Gasteiger partial charge is 0.330 e. The molecule has 1 aliphatic rings. The van der Waals surface area contributed by atoms with E-state index < -0.39 is 42.0 Å². The van der Waals surface area contributed by atoms with Crippen LogP contribution in [0.4, 0.5) is 4.39 Å². The van der Waals surface area contributed by atoms with Crippen LogP contribution in [-0.4, -0.2) is 37.8 Å². The van der Waals surface area contributed by atoms with Gasteiger partial charge in [-0.3, -0.25) is 14.3 Å². The van der Waals surface area contributed by atoms with Crippen molar-refractivity contribution in [1.29, 1.82) is 0 Å². The molecular weight excluding hydrogens is 247 g/mol. The number of nitrogens with one attached hydrogen (secondary N) is 1. The van der Waals surface area contributed by atoms with Gasteiger partial charge in [-0.05, 0) is 6.92 Å². The number of hydrogen-bond donors (Lipinski definition) is 3. The molecule has 3 atom stereocenters. The van der Waals surface area contributed by atoms with E-state index in [0.717, 1.165) is 16.8 Å². The molecule has 0 saturated carbocycles. The summed E-state index contributed by atoms with van der Waals surface area (Å²) in [5.74, 6) is -2.41. The normalized spacial score (nSPS) is 35.9. The van der Waals surface area contributed by atoms with Crippen LogP contribution in [0.2, 0.25) is 0 Å². The van der Waals surface area contributed by atoms with Crippen LogP contribution in [0.15, 0.2) is 21.9 Å². The van der Waals surface area contributed by atoms with Gasteiger partial charge in [0.15, 0.2) is 6.23 Å². The standard InChI is InChI=1S/C10H13FN2O5/c1-9(17)4-10(11,5-14)18-7(9)13-3-2-6(15)12-8(13)16/h2-3,7,14,17H,4-5H2,1H3,(H,12,15,16)/t7-,9-,10+/m1/s1. The maximum atomic E-state index is 13.9. The first-order valence-corrected chi connectivity index (χ1v) is 5.29. The number of alkyl halides is 1. The zero-order chi connectivity index (χ0) is 13.6. The van der Waals surface area contributed by atoms with Crippen molar-refractivity contribution in [2.75, 3.05) is 6.61 Å². The molecule has 2 heterocycles. The van der Waals surface area contributed by atoms with Gasteiger partial charge in [-0.1, -0.05) is 0 Å². The number of ether oxygens (including phenoxy) is 1. The third-order valence-corrected chi connectivity index (χ3v) is 2.82. The lowest BCUT2D eigenvalue weighted by Gasteiger charge is -2.24. The predicted octanol–water partition coefficient (Wildman–Crippen LogP) is -1.14. The zero-order valence-corrected chi connectivity index (χ0v) is 9.59. The Morgan fingerprint density at radius 2 is 2.33 bits per heavy atom. The van der Waals surface area contributed by atoms with Gasteiger partial charge in [-0.25, -0.2) is 9.18 Å². The van der Waals surface area contributed by atoms with E-state index in [1.807, 2.05) is 4.98 Å². The molecule has 2 rings (SSSR count). The van der Waals surface area contributed by atoms with Crippen LogP contribution in [0.1, 0.15) is 19.6 Å². The Morgan fingerprint density at radius 3 is 2.83 bits per heavy atom. The second-order valence-corrected chi connectivity index (χ2v) is 4.56. The molecule has 1 aromatic rings. The average Bonchev–Trinajstić information content (AvgIpc) is 2.50. The lowest BCUT2D eigenvalue weighted by molar-refractivity contribution is -0.185. The Balaban J connectivity index is 2.45. The van der Waals surface area contributed by atoms with Gasteiger partial charge in [0, 0.05) is 18.7 Å². The zero-order valence-electron chi connectivity index (χ0n) is 9.59. The quantitative estimate of drug-likeness (QED) is 0.623. The number of aromatic nitrogens is 2. The Morgan fingerprint density at radius 1 is 1.67 bits per heavy atom. The maximum absolute atomic E-state index is 13.9. The summed E-state index contributed by atoms with van der Waals surface area (Å²) >= 11 is 0. The average molecular weight is 260 g/mol. The van der Waals surface area contributed by atoms with Gasteiger partial charge in [0.2, 0.25) is 5.85 Å². The fraction of sp³-hybridized carbons (Fsp3) is 0.600. The van der Waals surface area contributed by atoms with Gasteiger partial charge in [0.25, 0.3) is 5.56 Å². The van der Waals surface area contributed by atoms with Crippen LogP contribution in [0.25, 0.3) is 0 Å². The van der Waals surface area contributed by atoms with Gasteiger partial charge in [0.1, 0.15) is 12.2 Å². The number of H-pyrrole nitrogens is 1. The molecule has 1 aromatic heterocycles. The molecule has 3 N–H and O–H groups in total. The van der Waals surface area contributed by atoms with Crippen LogP contribution in [0.5, 0.6) is 0 Å². The second-order valence-electron chi connectivity index (χ2n) is 4.56. The Kier molecular flexibility index (Phi) is 2.88. The number of aliphatic hydroxyl groups is 2. The van der Waals surface area contributed by atoms with E-state index in [-0.39, 0.29) is 0 Å². The molecule has 0 aliphatic carbocycles. The van der Waals surface area contributed by atoms with E-state index >= 15 is 0 Å². The van der Waals surface area contributed by atoms with E-state index in [1.165, 1.54) is 6.92 Å². The van der Waals surface area contributed by atoms with E-state index in [2.05, 4.69) is 0 Å². The molecule has 1 saturated heterocycles. The highest BCUT2D eigenvalue weighted by Gasteiger charge is 2.54. The van der Waals surface area contributed by atoms with Crippen LogP contribution < -0.4 is 11.2 Å². The monoisotopic (exact) mass is 260 g/mol. The van der Waals surface area contributed by atoms with Crippen LogP contribution in [0, 0.1) is 0 Å². The minimum Gasteiger partial charge on any atom is -0.390 e. The highest BCUT2D eigenvalue weighted by molar-refractivity contribution is 4.97. The van der Waals surface area contributed by atoms with Crippen molar-refractivity contribution in [1.82, 2.24) is 9.55 Å². The molecule has 18 heavy (non-hydrogen) atoms. The first kappa shape index (κ1) is 12.9. The van der Waals surface area contributed by atoms with E-state index in [4.69, 9.17) is 9.84 Å². The van der Waals surface area contributed by atoms with Crippen molar-refractivity contribution < 1.29 is 19.3 Å². The number of aromatic amines is 1. The summed E-state index contributed by atoms with van der Waals surface area (Å²) in [6.45, 7) is 0.351. The van der Waals surface area contributed by atoms with Crippen molar-refractivity contribution in [2.45, 2.75) is 31.0 Å². The summed E-state index contributed by atoms with van der Waals surface area (Å²) in [6, 6.07) is 1.05. The number of hydrogen-bond acceptors (Lipinski definition) is 5. The third-order valence-electron chi connectivity index (χ3n) is 2.82. The molecular formula is C10H13FN2O5. The lowest BCUT2D eigenvalue weighted by atomic mass is 9.99. The summed E-state index contributed by atoms with van der Waals surface area (Å²) in [5.41, 5.74) is -3.11. The second kappa shape index (κ2) is 4.01. The fourth-order valence-corrected chi connectivity index (χ4v) is 2.05. The van der Waals surface area contributed by atoms with Gasteiger partial charge in [-0.15, -0.1) is 0 Å². The minimum atomic E-state index is -2.41. The SMILES string of the molecule is C[C@@]1(O)C[C@@](F)(CO)O[C@H]1n1ccc(=O)[nH]c1=O. The van der Waals surface area contributed by atoms with Gasteiger partial charge >= 0.3 is 5.69 Å². The van der Waals surface area contributed by atoms with Crippen LogP contribution >= 0.6 is 0 Å². The molecule has 100 valence electrons. The maximum Gasteiger partial charge on any atom is 0.330 e. The molecule has 0 spiro atoms. The molecule has 7 nitrogen and oxygen atoms in total. The molecule has 8 heteroatoms. The van der Waals surface area contributed by atoms with Gasteiger partial charge in [-0.2, -0.15) is 0 Å². The first-order valence-electron chi connectivity index (χ1n) is 5.29. The van der Waals surface area contributed by atoms with E-state index in [9.17, 15) is 19.1 Å². The number of halogens is 1. The van der Waals surface area contributed by atoms with E-state index in [0.29, 0.717) is 0 Å². The van der Waals surface area contributed by atoms with Crippen molar-refractivity contribution in [3.8, 4) is 0 Å². The van der Waals surface area contributed by atoms with Crippen molar-refractivity contribution in [3.63, 3.8) is 0 Å². The summed E-state index contributed by atoms with van der Waals surface area (Å²) in [6.07, 6.45) is -0.699. The van der Waals surface area contributed by atoms with Crippen LogP contribution in [-0.2, 0) is 4.74 Å². The van der Waals surface area contributed by atoms with Gasteiger partial charge in [0.05, 0.1) is 0 Å². The molecule has 1 fully saturated rings. The minimum absolute atomic E-state index is 0.479. The highest BCUT2D eigenvalue weighted by atomic mass is 19.2. The topological polar surface area (TPSA) is 105 Å².